The summed E-state index contributed by atoms with van der Waals surface area (Å²) in [4.78, 5) is 2.27. The van der Waals surface area contributed by atoms with Gasteiger partial charge in [0.05, 0.1) is 4.90 Å². The van der Waals surface area contributed by atoms with Gasteiger partial charge in [-0.15, -0.1) is 0 Å². The Labute approximate surface area is 123 Å². The third-order valence-electron chi connectivity index (χ3n) is 2.85. The van der Waals surface area contributed by atoms with E-state index < -0.39 is 10.0 Å². The Morgan fingerprint density at radius 1 is 1.42 bits per heavy atom. The molecule has 0 saturated heterocycles. The Kier molecular flexibility index (Phi) is 6.41. The van der Waals surface area contributed by atoms with Gasteiger partial charge in [0.25, 0.3) is 0 Å². The van der Waals surface area contributed by atoms with Gasteiger partial charge in [0.1, 0.15) is 0 Å². The molecule has 0 saturated carbocycles. The van der Waals surface area contributed by atoms with E-state index in [0.29, 0.717) is 24.1 Å². The molecule has 0 heterocycles. The molecule has 0 aliphatic carbocycles. The largest absolute Gasteiger partial charge is 0.326 e. The smallest absolute Gasteiger partial charge is 0.241 e. The number of rotatable bonds is 7. The molecular weight excluding hydrogens is 330 g/mol. The molecule has 19 heavy (non-hydrogen) atoms. The number of benzene rings is 1. The second-order valence-corrected chi connectivity index (χ2v) is 6.85. The van der Waals surface area contributed by atoms with Gasteiger partial charge in [-0.3, -0.25) is 0 Å². The van der Waals surface area contributed by atoms with Crippen LogP contribution in [-0.2, 0) is 16.6 Å². The monoisotopic (exact) mass is 349 g/mol. The number of likely N-dealkylation sites (N-methyl/N-ethyl adjacent to an activating group) is 1. The number of hydrogen-bond donors (Lipinski definition) is 2. The van der Waals surface area contributed by atoms with Crippen LogP contribution < -0.4 is 10.5 Å². The third kappa shape index (κ3) is 4.85. The number of nitrogens with two attached hydrogens (primary N) is 1. The van der Waals surface area contributed by atoms with Crippen molar-refractivity contribution >= 4 is 26.0 Å². The van der Waals surface area contributed by atoms with E-state index in [4.69, 9.17) is 5.73 Å². The number of hydrogen-bond acceptors (Lipinski definition) is 4. The van der Waals surface area contributed by atoms with Crippen molar-refractivity contribution in [3.05, 3.63) is 28.2 Å². The molecule has 0 amide bonds. The predicted molar refractivity (Wildman–Crippen MR) is 80.4 cm³/mol. The summed E-state index contributed by atoms with van der Waals surface area (Å²) in [6.07, 6.45) is 0. The number of sulfonamides is 1. The standard InChI is InChI=1S/C12H20BrN3O2S/c1-3-16(2)7-6-15-19(17,18)12-8-10(9-14)4-5-11(12)13/h4-5,8,15H,3,6-7,9,14H2,1-2H3. The molecule has 1 aromatic carbocycles. The summed E-state index contributed by atoms with van der Waals surface area (Å²) in [6.45, 7) is 4.27. The van der Waals surface area contributed by atoms with Crippen molar-refractivity contribution in [2.24, 2.45) is 5.73 Å². The molecule has 3 N–H and O–H groups in total. The molecule has 0 fully saturated rings. The maximum Gasteiger partial charge on any atom is 0.241 e. The van der Waals surface area contributed by atoms with Gasteiger partial charge >= 0.3 is 0 Å². The summed E-state index contributed by atoms with van der Waals surface area (Å²) >= 11 is 3.26. The first-order valence-electron chi connectivity index (χ1n) is 6.07. The van der Waals surface area contributed by atoms with E-state index in [1.54, 1.807) is 18.2 Å². The first-order valence-corrected chi connectivity index (χ1v) is 8.35. The van der Waals surface area contributed by atoms with Crippen LogP contribution in [0.3, 0.4) is 0 Å². The van der Waals surface area contributed by atoms with Gasteiger partial charge < -0.3 is 10.6 Å². The van der Waals surface area contributed by atoms with Gasteiger partial charge in [-0.2, -0.15) is 0 Å². The SMILES string of the molecule is CCN(C)CCNS(=O)(=O)c1cc(CN)ccc1Br. The Balaban J connectivity index is 2.82. The molecule has 0 unspecified atom stereocenters. The summed E-state index contributed by atoms with van der Waals surface area (Å²) in [5.74, 6) is 0. The van der Waals surface area contributed by atoms with E-state index in [2.05, 4.69) is 20.7 Å². The lowest BCUT2D eigenvalue weighted by Crippen LogP contribution is -2.33. The van der Waals surface area contributed by atoms with E-state index >= 15 is 0 Å². The van der Waals surface area contributed by atoms with Crippen LogP contribution in [0.15, 0.2) is 27.6 Å². The van der Waals surface area contributed by atoms with Crippen molar-refractivity contribution in [1.82, 2.24) is 9.62 Å². The van der Waals surface area contributed by atoms with Crippen molar-refractivity contribution in [2.45, 2.75) is 18.4 Å². The van der Waals surface area contributed by atoms with Crippen molar-refractivity contribution in [1.29, 1.82) is 0 Å². The number of nitrogens with one attached hydrogen (secondary N) is 1. The lowest BCUT2D eigenvalue weighted by molar-refractivity contribution is 0.358. The van der Waals surface area contributed by atoms with E-state index in [-0.39, 0.29) is 4.90 Å². The van der Waals surface area contributed by atoms with Gasteiger partial charge in [0.15, 0.2) is 0 Å². The summed E-state index contributed by atoms with van der Waals surface area (Å²) < 4.78 is 27.5. The van der Waals surface area contributed by atoms with Crippen molar-refractivity contribution < 1.29 is 8.42 Å². The third-order valence-corrected chi connectivity index (χ3v) is 5.30. The van der Waals surface area contributed by atoms with Crippen LogP contribution in [0, 0.1) is 0 Å². The van der Waals surface area contributed by atoms with Crippen molar-refractivity contribution in [2.75, 3.05) is 26.7 Å². The highest BCUT2D eigenvalue weighted by atomic mass is 79.9. The quantitative estimate of drug-likeness (QED) is 0.773. The lowest BCUT2D eigenvalue weighted by Gasteiger charge is -2.15. The topological polar surface area (TPSA) is 75.4 Å². The highest BCUT2D eigenvalue weighted by Gasteiger charge is 2.17. The average Bonchev–Trinajstić information content (AvgIpc) is 2.38. The van der Waals surface area contributed by atoms with Crippen molar-refractivity contribution in [3.63, 3.8) is 0 Å². The summed E-state index contributed by atoms with van der Waals surface area (Å²) in [5, 5.41) is 0. The van der Waals surface area contributed by atoms with Gasteiger partial charge in [-0.1, -0.05) is 13.0 Å². The van der Waals surface area contributed by atoms with Crippen LogP contribution in [0.4, 0.5) is 0 Å². The van der Waals surface area contributed by atoms with Gasteiger partial charge in [-0.25, -0.2) is 13.1 Å². The number of nitrogens with zero attached hydrogens (tertiary/aromatic N) is 1. The Morgan fingerprint density at radius 2 is 2.11 bits per heavy atom. The molecular formula is C12H20BrN3O2S. The molecule has 5 nitrogen and oxygen atoms in total. The van der Waals surface area contributed by atoms with Gasteiger partial charge in [0, 0.05) is 24.1 Å². The zero-order valence-corrected chi connectivity index (χ0v) is 13.6. The minimum atomic E-state index is -3.51. The van der Waals surface area contributed by atoms with Crippen LogP contribution in [0.25, 0.3) is 0 Å². The van der Waals surface area contributed by atoms with Crippen LogP contribution in [0.5, 0.6) is 0 Å². The molecule has 1 rings (SSSR count). The van der Waals surface area contributed by atoms with E-state index in [1.807, 2.05) is 18.9 Å². The molecule has 0 spiro atoms. The molecule has 108 valence electrons. The zero-order chi connectivity index (χ0) is 14.5. The molecule has 0 aromatic heterocycles. The first kappa shape index (κ1) is 16.6. The zero-order valence-electron chi connectivity index (χ0n) is 11.2. The van der Waals surface area contributed by atoms with E-state index in [0.717, 1.165) is 12.1 Å². The van der Waals surface area contributed by atoms with Crippen LogP contribution in [0.2, 0.25) is 0 Å². The van der Waals surface area contributed by atoms with Crippen molar-refractivity contribution in [3.8, 4) is 0 Å². The lowest BCUT2D eigenvalue weighted by atomic mass is 10.2. The number of halogens is 1. The second kappa shape index (κ2) is 7.35. The molecule has 7 heteroatoms. The molecule has 0 bridgehead atoms. The Morgan fingerprint density at radius 3 is 2.68 bits per heavy atom. The van der Waals surface area contributed by atoms with Crippen LogP contribution in [-0.4, -0.2) is 40.0 Å². The molecule has 0 aliphatic heterocycles. The molecule has 0 aliphatic rings. The Bertz CT molecular complexity index is 520. The molecule has 0 atom stereocenters. The minimum Gasteiger partial charge on any atom is -0.326 e. The fraction of sp³-hybridized carbons (Fsp3) is 0.500. The summed E-state index contributed by atoms with van der Waals surface area (Å²) in [5.41, 5.74) is 6.32. The Hall–Kier alpha value is -0.470. The second-order valence-electron chi connectivity index (χ2n) is 4.26. The normalized spacial score (nSPS) is 12.1. The summed E-state index contributed by atoms with van der Waals surface area (Å²) in [7, 11) is -1.56. The van der Waals surface area contributed by atoms with Crippen LogP contribution in [0.1, 0.15) is 12.5 Å². The maximum atomic E-state index is 12.2. The summed E-state index contributed by atoms with van der Waals surface area (Å²) in [6, 6.07) is 5.10. The molecule has 1 aromatic rings. The minimum absolute atomic E-state index is 0.231. The van der Waals surface area contributed by atoms with Gasteiger partial charge in [-0.05, 0) is 47.2 Å². The van der Waals surface area contributed by atoms with Gasteiger partial charge in [0.2, 0.25) is 10.0 Å². The first-order chi connectivity index (χ1) is 8.90. The fourth-order valence-corrected chi connectivity index (χ4v) is 3.52. The van der Waals surface area contributed by atoms with E-state index in [9.17, 15) is 8.42 Å². The maximum absolute atomic E-state index is 12.2. The highest BCUT2D eigenvalue weighted by molar-refractivity contribution is 9.10. The predicted octanol–water partition coefficient (Wildman–Crippen LogP) is 1.14. The fourth-order valence-electron chi connectivity index (χ4n) is 1.49. The van der Waals surface area contributed by atoms with E-state index in [1.165, 1.54) is 0 Å². The molecule has 0 radical (unpaired) electrons. The average molecular weight is 350 g/mol. The van der Waals surface area contributed by atoms with Crippen LogP contribution >= 0.6 is 15.9 Å². The highest BCUT2D eigenvalue weighted by Crippen LogP contribution is 2.22.